The van der Waals surface area contributed by atoms with Gasteiger partial charge in [-0.2, -0.15) is 13.2 Å². The van der Waals surface area contributed by atoms with Crippen LogP contribution in [0.4, 0.5) is 13.2 Å². The maximum atomic E-state index is 13.2. The van der Waals surface area contributed by atoms with Gasteiger partial charge in [0.05, 0.1) is 0 Å². The van der Waals surface area contributed by atoms with E-state index >= 15 is 0 Å². The van der Waals surface area contributed by atoms with Crippen molar-refractivity contribution in [2.24, 2.45) is 0 Å². The second-order valence-electron chi connectivity index (χ2n) is 9.15. The Balaban J connectivity index is 1.40. The molecule has 0 aliphatic carbocycles. The van der Waals surface area contributed by atoms with Crippen LogP contribution in [0.2, 0.25) is 0 Å². The van der Waals surface area contributed by atoms with E-state index in [1.54, 1.807) is 23.5 Å². The predicted molar refractivity (Wildman–Crippen MR) is 133 cm³/mol. The van der Waals surface area contributed by atoms with Gasteiger partial charge in [-0.25, -0.2) is 0 Å². The third kappa shape index (κ3) is 4.19. The van der Waals surface area contributed by atoms with Crippen molar-refractivity contribution in [1.82, 2.24) is 4.90 Å². The Bertz CT molecular complexity index is 1320. The molecule has 0 saturated carbocycles. The number of carbonyl (C=O) groups excluding carboxylic acids is 1. The van der Waals surface area contributed by atoms with Crippen LogP contribution >= 0.6 is 23.5 Å². The number of amides is 1. The minimum atomic E-state index is -4.82. The molecule has 0 radical (unpaired) electrons. The van der Waals surface area contributed by atoms with Crippen LogP contribution < -0.4 is 0 Å². The summed E-state index contributed by atoms with van der Waals surface area (Å²) < 4.78 is 39.7. The molecule has 2 saturated heterocycles. The molecule has 3 heterocycles. The summed E-state index contributed by atoms with van der Waals surface area (Å²) >= 11 is 3.46. The molecule has 2 atom stereocenters. The van der Waals surface area contributed by atoms with Gasteiger partial charge in [0.1, 0.15) is 0 Å². The van der Waals surface area contributed by atoms with E-state index in [1.807, 2.05) is 30.3 Å². The zero-order valence-electron chi connectivity index (χ0n) is 18.7. The zero-order chi connectivity index (χ0) is 24.2. The molecule has 3 aliphatic heterocycles. The first-order chi connectivity index (χ1) is 16.9. The highest BCUT2D eigenvalue weighted by Crippen LogP contribution is 2.51. The molecule has 178 valence electrons. The van der Waals surface area contributed by atoms with E-state index < -0.39 is 12.1 Å². The van der Waals surface area contributed by atoms with Gasteiger partial charge in [0.15, 0.2) is 0 Å². The fourth-order valence-electron chi connectivity index (χ4n) is 5.58. The van der Waals surface area contributed by atoms with Gasteiger partial charge in [0, 0.05) is 31.7 Å². The number of hydrogen-bond acceptors (Lipinski definition) is 3. The number of hydrogen-bond donors (Lipinski definition) is 0. The summed E-state index contributed by atoms with van der Waals surface area (Å²) in [5.41, 5.74) is 4.58. The number of rotatable bonds is 2. The summed E-state index contributed by atoms with van der Waals surface area (Å²) in [6, 6.07) is 24.2. The number of halogens is 3. The Morgan fingerprint density at radius 2 is 1.49 bits per heavy atom. The number of piperidine rings is 1. The van der Waals surface area contributed by atoms with Gasteiger partial charge < -0.3 is 4.90 Å². The fraction of sp³-hybridized carbons (Fsp3) is 0.250. The van der Waals surface area contributed by atoms with Crippen LogP contribution in [0.5, 0.6) is 0 Å². The largest absolute Gasteiger partial charge is 0.471 e. The molecule has 1 amide bonds. The normalized spacial score (nSPS) is 21.1. The van der Waals surface area contributed by atoms with Gasteiger partial charge in [-0.05, 0) is 72.7 Å². The van der Waals surface area contributed by atoms with Crippen molar-refractivity contribution in [3.8, 4) is 0 Å². The van der Waals surface area contributed by atoms with Crippen LogP contribution in [-0.4, -0.2) is 29.1 Å². The number of alkyl halides is 3. The monoisotopic (exact) mass is 509 g/mol. The molecule has 3 aromatic rings. The molecular formula is C28H22F3NOS2. The highest BCUT2D eigenvalue weighted by molar-refractivity contribution is 8.00. The second kappa shape index (κ2) is 8.79. The fourth-order valence-corrected chi connectivity index (χ4v) is 7.67. The topological polar surface area (TPSA) is 20.3 Å². The van der Waals surface area contributed by atoms with Gasteiger partial charge >= 0.3 is 12.1 Å². The predicted octanol–water partition coefficient (Wildman–Crippen LogP) is 7.82. The number of nitrogens with zero attached hydrogens (tertiary/aromatic N) is 1. The van der Waals surface area contributed by atoms with Crippen LogP contribution in [0.15, 0.2) is 98.0 Å². The van der Waals surface area contributed by atoms with Gasteiger partial charge in [0.25, 0.3) is 0 Å². The van der Waals surface area contributed by atoms with Gasteiger partial charge in [0.2, 0.25) is 0 Å². The quantitative estimate of drug-likeness (QED) is 0.275. The summed E-state index contributed by atoms with van der Waals surface area (Å²) in [4.78, 5) is 17.9. The highest BCUT2D eigenvalue weighted by atomic mass is 32.2. The second-order valence-corrected chi connectivity index (χ2v) is 11.4. The number of fused-ring (bicyclic) bond motifs is 4. The molecular weight excluding hydrogens is 487 g/mol. The molecule has 0 spiro atoms. The maximum absolute atomic E-state index is 13.2. The van der Waals surface area contributed by atoms with Gasteiger partial charge in [-0.15, -0.1) is 0 Å². The van der Waals surface area contributed by atoms with Crippen molar-refractivity contribution in [2.75, 3.05) is 0 Å². The van der Waals surface area contributed by atoms with E-state index in [0.29, 0.717) is 25.7 Å². The lowest BCUT2D eigenvalue weighted by Crippen LogP contribution is -2.50. The van der Waals surface area contributed by atoms with E-state index in [0.717, 1.165) is 36.3 Å². The lowest BCUT2D eigenvalue weighted by Gasteiger charge is -2.38. The number of carbonyl (C=O) groups is 1. The van der Waals surface area contributed by atoms with Crippen molar-refractivity contribution in [1.29, 1.82) is 0 Å². The molecule has 2 nitrogen and oxygen atoms in total. The van der Waals surface area contributed by atoms with Crippen LogP contribution in [0, 0.1) is 0 Å². The summed E-state index contributed by atoms with van der Waals surface area (Å²) in [5, 5.41) is 0. The standard InChI is InChI=1S/C28H22F3NOS2/c29-28(30,31)27(33)32-18-10-11-19(32)15-17(14-18)26-22-8-4-5-9-24(22)35-25-16-21(12-13-23(25)26)34-20-6-2-1-3-7-20/h1-9,12-13,16,18-19H,10-11,14-15H2. The van der Waals surface area contributed by atoms with Crippen LogP contribution in [0.25, 0.3) is 5.57 Å². The Morgan fingerprint density at radius 1 is 0.829 bits per heavy atom. The summed E-state index contributed by atoms with van der Waals surface area (Å²) in [6.07, 6.45) is -2.59. The van der Waals surface area contributed by atoms with Crippen molar-refractivity contribution in [2.45, 2.75) is 63.5 Å². The molecule has 2 fully saturated rings. The Hall–Kier alpha value is -2.64. The van der Waals surface area contributed by atoms with E-state index in [4.69, 9.17) is 0 Å². The zero-order valence-corrected chi connectivity index (χ0v) is 20.4. The Kier molecular flexibility index (Phi) is 5.72. The lowest BCUT2D eigenvalue weighted by atomic mass is 9.85. The van der Waals surface area contributed by atoms with Crippen molar-refractivity contribution in [3.63, 3.8) is 0 Å². The lowest BCUT2D eigenvalue weighted by molar-refractivity contribution is -0.189. The SMILES string of the molecule is O=C(N1C2CCC1CC(=C1c3ccccc3Sc3cc(Sc4ccccc4)ccc31)C2)C(F)(F)F. The van der Waals surface area contributed by atoms with Crippen molar-refractivity contribution < 1.29 is 18.0 Å². The maximum Gasteiger partial charge on any atom is 0.471 e. The van der Waals surface area contributed by atoms with E-state index in [1.165, 1.54) is 10.5 Å². The average molecular weight is 510 g/mol. The van der Waals surface area contributed by atoms with Crippen LogP contribution in [0.3, 0.4) is 0 Å². The summed E-state index contributed by atoms with van der Waals surface area (Å²) in [6.45, 7) is 0. The third-order valence-corrected chi connectivity index (χ3v) is 9.12. The van der Waals surface area contributed by atoms with Crippen molar-refractivity contribution in [3.05, 3.63) is 89.5 Å². The molecule has 3 aromatic carbocycles. The Morgan fingerprint density at radius 3 is 2.20 bits per heavy atom. The molecule has 3 aliphatic rings. The molecule has 2 bridgehead atoms. The molecule has 0 aromatic heterocycles. The summed E-state index contributed by atoms with van der Waals surface area (Å²) in [7, 11) is 0. The first kappa shape index (κ1) is 22.8. The minimum Gasteiger partial charge on any atom is -0.328 e. The van der Waals surface area contributed by atoms with Gasteiger partial charge in [-0.3, -0.25) is 4.79 Å². The van der Waals surface area contributed by atoms with Gasteiger partial charge in [-0.1, -0.05) is 71.6 Å². The number of benzene rings is 3. The van der Waals surface area contributed by atoms with E-state index in [-0.39, 0.29) is 12.1 Å². The summed E-state index contributed by atoms with van der Waals surface area (Å²) in [5.74, 6) is -1.68. The third-order valence-electron chi connectivity index (χ3n) is 6.99. The molecule has 7 heteroatoms. The Labute approximate surface area is 210 Å². The molecule has 6 rings (SSSR count). The smallest absolute Gasteiger partial charge is 0.328 e. The minimum absolute atomic E-state index is 0.386. The molecule has 0 N–H and O–H groups in total. The van der Waals surface area contributed by atoms with Crippen LogP contribution in [0.1, 0.15) is 36.8 Å². The first-order valence-corrected chi connectivity index (χ1v) is 13.3. The first-order valence-electron chi connectivity index (χ1n) is 11.6. The van der Waals surface area contributed by atoms with E-state index in [2.05, 4.69) is 42.5 Å². The highest BCUT2D eigenvalue weighted by Gasteiger charge is 2.51. The van der Waals surface area contributed by atoms with E-state index in [9.17, 15) is 18.0 Å². The average Bonchev–Trinajstić information content (AvgIpc) is 3.10. The molecule has 35 heavy (non-hydrogen) atoms. The molecule has 2 unspecified atom stereocenters. The van der Waals surface area contributed by atoms with Crippen LogP contribution in [-0.2, 0) is 4.79 Å². The van der Waals surface area contributed by atoms with Crippen molar-refractivity contribution >= 4 is 35.0 Å².